The molecule has 2 unspecified atom stereocenters. The second kappa shape index (κ2) is 6.89. The first kappa shape index (κ1) is 15.0. The molecule has 3 N–H and O–H groups in total. The van der Waals surface area contributed by atoms with Crippen LogP contribution in [-0.2, 0) is 6.42 Å². The van der Waals surface area contributed by atoms with Crippen LogP contribution in [0.25, 0.3) is 0 Å². The van der Waals surface area contributed by atoms with E-state index in [1.54, 1.807) is 0 Å². The van der Waals surface area contributed by atoms with E-state index in [4.69, 9.17) is 5.73 Å². The van der Waals surface area contributed by atoms with Gasteiger partial charge >= 0.3 is 0 Å². The van der Waals surface area contributed by atoms with E-state index in [0.717, 1.165) is 30.4 Å². The smallest absolute Gasteiger partial charge is 0.251 e. The fraction of sp³-hybridized carbons (Fsp3) is 0.588. The standard InChI is InChI=1S/C17H26N2O/c1-12-9-13(2)11-15(10-12)19-17(20)16-6-4-3-5-14(16)7-8-18/h3-6,12-13,15H,7-11,18H2,1-2H3,(H,19,20). The van der Waals surface area contributed by atoms with E-state index < -0.39 is 0 Å². The number of benzene rings is 1. The maximum Gasteiger partial charge on any atom is 0.251 e. The summed E-state index contributed by atoms with van der Waals surface area (Å²) >= 11 is 0. The third kappa shape index (κ3) is 3.83. The van der Waals surface area contributed by atoms with Gasteiger partial charge in [-0.2, -0.15) is 0 Å². The number of carbonyl (C=O) groups excluding carboxylic acids is 1. The summed E-state index contributed by atoms with van der Waals surface area (Å²) in [4.78, 5) is 12.5. The Morgan fingerprint density at radius 3 is 2.50 bits per heavy atom. The van der Waals surface area contributed by atoms with Crippen LogP contribution in [0, 0.1) is 11.8 Å². The van der Waals surface area contributed by atoms with Gasteiger partial charge in [-0.25, -0.2) is 0 Å². The van der Waals surface area contributed by atoms with Crippen molar-refractivity contribution in [2.45, 2.75) is 45.6 Å². The van der Waals surface area contributed by atoms with Crippen molar-refractivity contribution in [2.75, 3.05) is 6.54 Å². The van der Waals surface area contributed by atoms with Crippen molar-refractivity contribution in [3.8, 4) is 0 Å². The summed E-state index contributed by atoms with van der Waals surface area (Å²) in [7, 11) is 0. The summed E-state index contributed by atoms with van der Waals surface area (Å²) in [5, 5.41) is 3.22. The highest BCUT2D eigenvalue weighted by molar-refractivity contribution is 5.95. The number of hydrogen-bond donors (Lipinski definition) is 2. The Kier molecular flexibility index (Phi) is 5.18. The minimum atomic E-state index is 0.0559. The Labute approximate surface area is 121 Å². The highest BCUT2D eigenvalue weighted by Crippen LogP contribution is 2.28. The topological polar surface area (TPSA) is 55.1 Å². The minimum absolute atomic E-state index is 0.0559. The number of hydrogen-bond acceptors (Lipinski definition) is 2. The van der Waals surface area contributed by atoms with E-state index in [1.165, 1.54) is 6.42 Å². The molecular weight excluding hydrogens is 248 g/mol. The molecule has 0 radical (unpaired) electrons. The molecule has 1 saturated carbocycles. The molecule has 2 atom stereocenters. The molecule has 110 valence electrons. The number of nitrogens with two attached hydrogens (primary N) is 1. The second-order valence-corrected chi connectivity index (χ2v) is 6.28. The summed E-state index contributed by atoms with van der Waals surface area (Å²) in [5.74, 6) is 1.45. The Bertz CT molecular complexity index is 448. The van der Waals surface area contributed by atoms with Gasteiger partial charge in [0.15, 0.2) is 0 Å². The first-order valence-electron chi connectivity index (χ1n) is 7.69. The van der Waals surface area contributed by atoms with Gasteiger partial charge in [-0.1, -0.05) is 32.0 Å². The molecule has 0 saturated heterocycles. The average molecular weight is 274 g/mol. The predicted octanol–water partition coefficient (Wildman–Crippen LogP) is 2.74. The van der Waals surface area contributed by atoms with Crippen LogP contribution in [0.4, 0.5) is 0 Å². The van der Waals surface area contributed by atoms with E-state index in [1.807, 2.05) is 24.3 Å². The number of nitrogens with one attached hydrogen (secondary N) is 1. The van der Waals surface area contributed by atoms with Gasteiger partial charge in [0.05, 0.1) is 0 Å². The highest BCUT2D eigenvalue weighted by atomic mass is 16.1. The van der Waals surface area contributed by atoms with Gasteiger partial charge in [0, 0.05) is 11.6 Å². The van der Waals surface area contributed by atoms with Gasteiger partial charge in [-0.3, -0.25) is 4.79 Å². The largest absolute Gasteiger partial charge is 0.349 e. The summed E-state index contributed by atoms with van der Waals surface area (Å²) in [6, 6.07) is 8.09. The molecule has 0 aliphatic heterocycles. The third-order valence-corrected chi connectivity index (χ3v) is 4.19. The number of carbonyl (C=O) groups is 1. The van der Waals surface area contributed by atoms with Crippen molar-refractivity contribution >= 4 is 5.91 Å². The Balaban J connectivity index is 2.04. The molecule has 2 rings (SSSR count). The molecule has 1 aromatic carbocycles. The maximum absolute atomic E-state index is 12.5. The minimum Gasteiger partial charge on any atom is -0.349 e. The van der Waals surface area contributed by atoms with Crippen molar-refractivity contribution in [1.29, 1.82) is 0 Å². The molecule has 3 nitrogen and oxygen atoms in total. The van der Waals surface area contributed by atoms with Gasteiger partial charge in [0.25, 0.3) is 5.91 Å². The summed E-state index contributed by atoms with van der Waals surface area (Å²) in [6.45, 7) is 5.12. The van der Waals surface area contributed by atoms with Crippen molar-refractivity contribution in [3.63, 3.8) is 0 Å². The summed E-state index contributed by atoms with van der Waals surface area (Å²) in [5.41, 5.74) is 7.45. The lowest BCUT2D eigenvalue weighted by atomic mass is 9.80. The lowest BCUT2D eigenvalue weighted by molar-refractivity contribution is 0.0910. The normalized spacial score (nSPS) is 26.2. The van der Waals surface area contributed by atoms with Gasteiger partial charge in [0.1, 0.15) is 0 Å². The zero-order valence-electron chi connectivity index (χ0n) is 12.6. The van der Waals surface area contributed by atoms with Crippen molar-refractivity contribution in [3.05, 3.63) is 35.4 Å². The van der Waals surface area contributed by atoms with Gasteiger partial charge in [0.2, 0.25) is 0 Å². The van der Waals surface area contributed by atoms with Crippen molar-refractivity contribution < 1.29 is 4.79 Å². The third-order valence-electron chi connectivity index (χ3n) is 4.19. The van der Waals surface area contributed by atoms with Gasteiger partial charge < -0.3 is 11.1 Å². The van der Waals surface area contributed by atoms with Crippen molar-refractivity contribution in [1.82, 2.24) is 5.32 Å². The quantitative estimate of drug-likeness (QED) is 0.887. The van der Waals surface area contributed by atoms with Gasteiger partial charge in [-0.05, 0) is 55.7 Å². The van der Waals surface area contributed by atoms with Crippen LogP contribution >= 0.6 is 0 Å². The highest BCUT2D eigenvalue weighted by Gasteiger charge is 2.25. The first-order valence-corrected chi connectivity index (χ1v) is 7.69. The number of amides is 1. The molecule has 1 aliphatic rings. The van der Waals surface area contributed by atoms with E-state index >= 15 is 0 Å². The van der Waals surface area contributed by atoms with Crippen molar-refractivity contribution in [2.24, 2.45) is 17.6 Å². The molecule has 1 fully saturated rings. The molecule has 0 aromatic heterocycles. The van der Waals surface area contributed by atoms with Crippen LogP contribution in [-0.4, -0.2) is 18.5 Å². The molecule has 0 heterocycles. The monoisotopic (exact) mass is 274 g/mol. The molecule has 20 heavy (non-hydrogen) atoms. The first-order chi connectivity index (χ1) is 9.60. The molecule has 1 aromatic rings. The van der Waals surface area contributed by atoms with E-state index in [-0.39, 0.29) is 5.91 Å². The van der Waals surface area contributed by atoms with Crippen LogP contribution in [0.15, 0.2) is 24.3 Å². The SMILES string of the molecule is CC1CC(C)CC(NC(=O)c2ccccc2CCN)C1. The molecule has 1 aliphatic carbocycles. The zero-order valence-corrected chi connectivity index (χ0v) is 12.6. The zero-order chi connectivity index (χ0) is 14.5. The van der Waals surface area contributed by atoms with Crippen LogP contribution in [0.2, 0.25) is 0 Å². The lowest BCUT2D eigenvalue weighted by Crippen LogP contribution is -2.40. The Morgan fingerprint density at radius 1 is 1.20 bits per heavy atom. The lowest BCUT2D eigenvalue weighted by Gasteiger charge is -2.32. The fourth-order valence-corrected chi connectivity index (χ4v) is 3.44. The maximum atomic E-state index is 12.5. The van der Waals surface area contributed by atoms with Gasteiger partial charge in [-0.15, -0.1) is 0 Å². The molecule has 3 heteroatoms. The van der Waals surface area contributed by atoms with Crippen LogP contribution in [0.5, 0.6) is 0 Å². The Morgan fingerprint density at radius 2 is 1.85 bits per heavy atom. The Hall–Kier alpha value is -1.35. The average Bonchev–Trinajstić information content (AvgIpc) is 2.38. The molecule has 0 bridgehead atoms. The summed E-state index contributed by atoms with van der Waals surface area (Å²) < 4.78 is 0. The fourth-order valence-electron chi connectivity index (χ4n) is 3.44. The van der Waals surface area contributed by atoms with E-state index in [9.17, 15) is 4.79 Å². The van der Waals surface area contributed by atoms with Crippen LogP contribution < -0.4 is 11.1 Å². The number of rotatable bonds is 4. The van der Waals surface area contributed by atoms with Crippen LogP contribution in [0.1, 0.15) is 49.0 Å². The van der Waals surface area contributed by atoms with E-state index in [0.29, 0.717) is 24.4 Å². The molecular formula is C17H26N2O. The van der Waals surface area contributed by atoms with E-state index in [2.05, 4.69) is 19.2 Å². The molecule has 1 amide bonds. The predicted molar refractivity (Wildman–Crippen MR) is 82.6 cm³/mol. The summed E-state index contributed by atoms with van der Waals surface area (Å²) in [6.07, 6.45) is 4.21. The van der Waals surface area contributed by atoms with Crippen LogP contribution in [0.3, 0.4) is 0 Å². The second-order valence-electron chi connectivity index (χ2n) is 6.28. The molecule has 0 spiro atoms.